The van der Waals surface area contributed by atoms with Crippen molar-refractivity contribution in [2.45, 2.75) is 31.6 Å². The minimum Gasteiger partial charge on any atom is -0.316 e. The first kappa shape index (κ1) is 10.5. The molecule has 0 radical (unpaired) electrons. The summed E-state index contributed by atoms with van der Waals surface area (Å²) in [4.78, 5) is 4.68. The number of fused-ring (bicyclic) bond motifs is 4. The molecule has 3 aliphatic rings. The summed E-state index contributed by atoms with van der Waals surface area (Å²) in [5.74, 6) is 1.41. The fourth-order valence-electron chi connectivity index (χ4n) is 3.58. The Labute approximate surface area is 107 Å². The summed E-state index contributed by atoms with van der Waals surface area (Å²) in [6, 6.07) is 9.06. The van der Waals surface area contributed by atoms with Crippen LogP contribution in [0.5, 0.6) is 0 Å². The predicted molar refractivity (Wildman–Crippen MR) is 74.1 cm³/mol. The highest BCUT2D eigenvalue weighted by molar-refractivity contribution is 5.81. The first-order valence-corrected chi connectivity index (χ1v) is 6.93. The molecule has 3 heterocycles. The van der Waals surface area contributed by atoms with E-state index in [1.165, 1.54) is 23.7 Å². The Balaban J connectivity index is 1.99. The van der Waals surface area contributed by atoms with Crippen molar-refractivity contribution in [1.29, 1.82) is 0 Å². The summed E-state index contributed by atoms with van der Waals surface area (Å²) < 4.78 is 0. The molecule has 2 heteroatoms. The van der Waals surface area contributed by atoms with Crippen molar-refractivity contribution in [3.63, 3.8) is 0 Å². The predicted octanol–water partition coefficient (Wildman–Crippen LogP) is 3.11. The number of pyridine rings is 1. The van der Waals surface area contributed by atoms with Crippen LogP contribution in [0, 0.1) is 6.92 Å². The molecule has 1 aromatic carbocycles. The molecule has 1 fully saturated rings. The van der Waals surface area contributed by atoms with Gasteiger partial charge in [-0.05, 0) is 60.9 Å². The summed E-state index contributed by atoms with van der Waals surface area (Å²) in [6.45, 7) is 4.36. The number of hydrogen-bond donors (Lipinski definition) is 1. The summed E-state index contributed by atoms with van der Waals surface area (Å²) >= 11 is 0. The first-order chi connectivity index (χ1) is 8.81. The van der Waals surface area contributed by atoms with Crippen LogP contribution in [0.1, 0.15) is 41.5 Å². The lowest BCUT2D eigenvalue weighted by Gasteiger charge is -2.27. The molecular formula is C16H18N2. The van der Waals surface area contributed by atoms with Crippen LogP contribution in [0.4, 0.5) is 0 Å². The van der Waals surface area contributed by atoms with Crippen LogP contribution in [0.3, 0.4) is 0 Å². The van der Waals surface area contributed by atoms with Crippen LogP contribution in [0.25, 0.3) is 10.9 Å². The molecule has 5 rings (SSSR count). The molecule has 2 aliphatic heterocycles. The summed E-state index contributed by atoms with van der Waals surface area (Å²) in [5, 5.41) is 4.90. The highest BCUT2D eigenvalue weighted by atomic mass is 14.9. The van der Waals surface area contributed by atoms with E-state index in [-0.39, 0.29) is 0 Å². The Morgan fingerprint density at radius 2 is 1.78 bits per heavy atom. The molecule has 2 atom stereocenters. The van der Waals surface area contributed by atoms with Gasteiger partial charge in [-0.15, -0.1) is 0 Å². The van der Waals surface area contributed by atoms with E-state index in [0.717, 1.165) is 18.8 Å². The maximum Gasteiger partial charge on any atom is 0.0708 e. The lowest BCUT2D eigenvalue weighted by atomic mass is 9.77. The molecule has 2 unspecified atom stereocenters. The zero-order chi connectivity index (χ0) is 12.1. The molecule has 0 spiro atoms. The molecule has 18 heavy (non-hydrogen) atoms. The van der Waals surface area contributed by atoms with Crippen molar-refractivity contribution in [1.82, 2.24) is 10.3 Å². The maximum absolute atomic E-state index is 4.68. The average Bonchev–Trinajstić information content (AvgIpc) is 2.70. The van der Waals surface area contributed by atoms with Gasteiger partial charge in [-0.1, -0.05) is 6.07 Å². The fraction of sp³-hybridized carbons (Fsp3) is 0.438. The van der Waals surface area contributed by atoms with Crippen LogP contribution in [0.2, 0.25) is 0 Å². The van der Waals surface area contributed by atoms with E-state index in [1.807, 2.05) is 0 Å². The van der Waals surface area contributed by atoms with E-state index in [2.05, 4.69) is 41.5 Å². The zero-order valence-corrected chi connectivity index (χ0v) is 10.7. The fourth-order valence-corrected chi connectivity index (χ4v) is 3.58. The number of nitrogens with zero attached hydrogens (tertiary/aromatic N) is 1. The number of aromatic nitrogens is 1. The summed E-state index contributed by atoms with van der Waals surface area (Å²) in [6.07, 6.45) is 2.68. The number of hydrogen-bond acceptors (Lipinski definition) is 2. The second-order valence-electron chi connectivity index (χ2n) is 5.76. The van der Waals surface area contributed by atoms with E-state index in [9.17, 15) is 0 Å². The third kappa shape index (κ3) is 1.49. The first-order valence-electron chi connectivity index (χ1n) is 6.93. The van der Waals surface area contributed by atoms with Crippen molar-refractivity contribution in [3.05, 3.63) is 41.1 Å². The zero-order valence-electron chi connectivity index (χ0n) is 10.7. The average molecular weight is 238 g/mol. The molecule has 92 valence electrons. The van der Waals surface area contributed by atoms with Crippen LogP contribution < -0.4 is 5.32 Å². The Morgan fingerprint density at radius 1 is 1.06 bits per heavy atom. The van der Waals surface area contributed by atoms with Gasteiger partial charge in [0.25, 0.3) is 0 Å². The van der Waals surface area contributed by atoms with Gasteiger partial charge in [-0.2, -0.15) is 0 Å². The normalized spacial score (nSPS) is 26.1. The summed E-state index contributed by atoms with van der Waals surface area (Å²) in [5.41, 5.74) is 5.41. The standard InChI is InChI=1S/C16H18N2/c1-10-2-3-11-6-14-12-4-5-13(9-17-8-12)15(14)7-16(11)18-10/h2-3,6-7,12-13,17H,4-5,8-9H2,1H3. The number of nitrogens with one attached hydrogen (secondary N) is 1. The Kier molecular flexibility index (Phi) is 2.21. The number of aryl methyl sites for hydroxylation is 1. The molecular weight excluding hydrogens is 220 g/mol. The van der Waals surface area contributed by atoms with Crippen LogP contribution in [-0.4, -0.2) is 18.1 Å². The topological polar surface area (TPSA) is 24.9 Å². The SMILES string of the molecule is Cc1ccc2cc3c(cc2n1)C1CCC3CNC1. The van der Waals surface area contributed by atoms with E-state index in [0.29, 0.717) is 11.8 Å². The van der Waals surface area contributed by atoms with Crippen molar-refractivity contribution in [2.75, 3.05) is 13.1 Å². The lowest BCUT2D eigenvalue weighted by molar-refractivity contribution is 0.550. The maximum atomic E-state index is 4.68. The van der Waals surface area contributed by atoms with Crippen LogP contribution >= 0.6 is 0 Å². The van der Waals surface area contributed by atoms with Crippen molar-refractivity contribution in [3.8, 4) is 0 Å². The molecule has 2 aromatic rings. The molecule has 1 aromatic heterocycles. The van der Waals surface area contributed by atoms with Gasteiger partial charge in [-0.3, -0.25) is 4.98 Å². The third-order valence-electron chi connectivity index (χ3n) is 4.56. The Morgan fingerprint density at radius 3 is 2.56 bits per heavy atom. The molecule has 1 aliphatic carbocycles. The van der Waals surface area contributed by atoms with E-state index in [1.54, 1.807) is 11.1 Å². The highest BCUT2D eigenvalue weighted by Crippen LogP contribution is 2.41. The van der Waals surface area contributed by atoms with E-state index in [4.69, 9.17) is 0 Å². The second-order valence-corrected chi connectivity index (χ2v) is 5.76. The van der Waals surface area contributed by atoms with Crippen molar-refractivity contribution >= 4 is 10.9 Å². The van der Waals surface area contributed by atoms with Crippen molar-refractivity contribution in [2.24, 2.45) is 0 Å². The number of benzene rings is 1. The van der Waals surface area contributed by atoms with Gasteiger partial charge in [0.05, 0.1) is 5.52 Å². The van der Waals surface area contributed by atoms with Gasteiger partial charge in [0, 0.05) is 24.2 Å². The van der Waals surface area contributed by atoms with Gasteiger partial charge in [0.2, 0.25) is 0 Å². The molecule has 0 saturated carbocycles. The smallest absolute Gasteiger partial charge is 0.0708 e. The molecule has 2 bridgehead atoms. The summed E-state index contributed by atoms with van der Waals surface area (Å²) in [7, 11) is 0. The van der Waals surface area contributed by atoms with Gasteiger partial charge >= 0.3 is 0 Å². The van der Waals surface area contributed by atoms with Crippen LogP contribution in [-0.2, 0) is 0 Å². The lowest BCUT2D eigenvalue weighted by Crippen LogP contribution is -2.18. The quantitative estimate of drug-likeness (QED) is 0.763. The monoisotopic (exact) mass is 238 g/mol. The van der Waals surface area contributed by atoms with Crippen molar-refractivity contribution < 1.29 is 0 Å². The van der Waals surface area contributed by atoms with E-state index >= 15 is 0 Å². The molecule has 0 amide bonds. The van der Waals surface area contributed by atoms with Crippen LogP contribution in [0.15, 0.2) is 24.3 Å². The van der Waals surface area contributed by atoms with Gasteiger partial charge < -0.3 is 5.32 Å². The van der Waals surface area contributed by atoms with Gasteiger partial charge in [-0.25, -0.2) is 0 Å². The Hall–Kier alpha value is -1.41. The number of rotatable bonds is 0. The minimum atomic E-state index is 0.700. The highest BCUT2D eigenvalue weighted by Gasteiger charge is 2.30. The molecule has 1 N–H and O–H groups in total. The third-order valence-corrected chi connectivity index (χ3v) is 4.56. The molecule has 1 saturated heterocycles. The van der Waals surface area contributed by atoms with Gasteiger partial charge in [0.15, 0.2) is 0 Å². The van der Waals surface area contributed by atoms with Gasteiger partial charge in [0.1, 0.15) is 0 Å². The minimum absolute atomic E-state index is 0.700. The largest absolute Gasteiger partial charge is 0.316 e. The molecule has 2 nitrogen and oxygen atoms in total. The van der Waals surface area contributed by atoms with E-state index < -0.39 is 0 Å². The second kappa shape index (κ2) is 3.79. The Bertz CT molecular complexity index is 614.